The van der Waals surface area contributed by atoms with E-state index in [1.165, 1.54) is 23.0 Å². The first-order chi connectivity index (χ1) is 12.0. The Morgan fingerprint density at radius 1 is 1.24 bits per heavy atom. The lowest BCUT2D eigenvalue weighted by atomic mass is 10.3. The molecule has 25 heavy (non-hydrogen) atoms. The van der Waals surface area contributed by atoms with E-state index < -0.39 is 0 Å². The number of rotatable bonds is 4. The van der Waals surface area contributed by atoms with Crippen LogP contribution in [-0.2, 0) is 0 Å². The zero-order chi connectivity index (χ0) is 18.0. The Kier molecular flexibility index (Phi) is 4.57. The van der Waals surface area contributed by atoms with Crippen molar-refractivity contribution in [2.24, 2.45) is 5.10 Å². The van der Waals surface area contributed by atoms with Crippen LogP contribution in [0.15, 0.2) is 34.2 Å². The van der Waals surface area contributed by atoms with E-state index in [1.807, 2.05) is 0 Å². The number of H-pyrrole nitrogens is 1. The maximum atomic E-state index is 13.0. The van der Waals surface area contributed by atoms with Gasteiger partial charge in [-0.3, -0.25) is 9.78 Å². The van der Waals surface area contributed by atoms with Crippen LogP contribution < -0.4 is 11.0 Å². The molecule has 8 nitrogen and oxygen atoms in total. The fourth-order valence-corrected chi connectivity index (χ4v) is 2.33. The second-order valence-corrected chi connectivity index (χ2v) is 5.49. The number of hydrazone groups is 1. The van der Waals surface area contributed by atoms with Gasteiger partial charge in [-0.05, 0) is 38.1 Å². The summed E-state index contributed by atoms with van der Waals surface area (Å²) in [6, 6.07) is 5.79. The molecule has 0 bridgehead atoms. The molecule has 3 aromatic rings. The Balaban J connectivity index is 1.84. The van der Waals surface area contributed by atoms with Crippen molar-refractivity contribution in [2.75, 3.05) is 5.43 Å². The lowest BCUT2D eigenvalue weighted by Gasteiger charge is -2.02. The van der Waals surface area contributed by atoms with Gasteiger partial charge in [0.15, 0.2) is 0 Å². The number of halogens is 2. The van der Waals surface area contributed by atoms with Crippen molar-refractivity contribution >= 4 is 23.8 Å². The summed E-state index contributed by atoms with van der Waals surface area (Å²) in [6.45, 7) is 3.31. The highest BCUT2D eigenvalue weighted by Gasteiger charge is 2.13. The van der Waals surface area contributed by atoms with Crippen LogP contribution in [0.2, 0.25) is 5.15 Å². The van der Waals surface area contributed by atoms with E-state index in [0.29, 0.717) is 22.1 Å². The summed E-state index contributed by atoms with van der Waals surface area (Å²) in [4.78, 5) is 13.9. The fourth-order valence-electron chi connectivity index (χ4n) is 2.01. The van der Waals surface area contributed by atoms with Gasteiger partial charge in [0, 0.05) is 0 Å². The van der Waals surface area contributed by atoms with Crippen LogP contribution in [0.3, 0.4) is 0 Å². The third-order valence-electron chi connectivity index (χ3n) is 3.34. The smallest absolute Gasteiger partial charge is 0.274 e. The molecule has 2 N–H and O–H groups in total. The van der Waals surface area contributed by atoms with Crippen molar-refractivity contribution in [3.05, 3.63) is 62.5 Å². The highest BCUT2D eigenvalue weighted by molar-refractivity contribution is 6.32. The van der Waals surface area contributed by atoms with E-state index in [4.69, 9.17) is 11.6 Å². The van der Waals surface area contributed by atoms with Gasteiger partial charge < -0.3 is 0 Å². The largest absolute Gasteiger partial charge is 0.288 e. The minimum Gasteiger partial charge on any atom is -0.288 e. The van der Waals surface area contributed by atoms with E-state index in [0.717, 1.165) is 0 Å². The molecule has 128 valence electrons. The molecule has 0 amide bonds. The summed E-state index contributed by atoms with van der Waals surface area (Å²) < 4.78 is 14.5. The number of aryl methyl sites for hydroxylation is 2. The van der Waals surface area contributed by atoms with Crippen molar-refractivity contribution in [2.45, 2.75) is 13.8 Å². The molecule has 0 radical (unpaired) electrons. The van der Waals surface area contributed by atoms with Gasteiger partial charge in [-0.25, -0.2) is 14.5 Å². The Morgan fingerprint density at radius 3 is 2.64 bits per heavy atom. The third-order valence-corrected chi connectivity index (χ3v) is 3.71. The Hall–Kier alpha value is -3.07. The Bertz CT molecular complexity index is 994. The number of anilines is 1. The molecule has 0 unspecified atom stereocenters. The average molecular weight is 362 g/mol. The van der Waals surface area contributed by atoms with Crippen LogP contribution >= 0.6 is 11.6 Å². The standard InChI is InChI=1S/C15H13ClFN7O/c1-8-12(7-18-21-15-19-14(25)9(2)20-22-15)13(16)24(23-8)11-5-3-10(17)4-6-11/h3-7H,1-2H3,(H2,19,21,22,25)/b18-7-. The van der Waals surface area contributed by atoms with Crippen LogP contribution in [0.25, 0.3) is 5.69 Å². The van der Waals surface area contributed by atoms with E-state index >= 15 is 0 Å². The number of nitrogens with one attached hydrogen (secondary N) is 2. The molecule has 0 aliphatic rings. The SMILES string of the molecule is Cc1nn(-c2ccc(F)cc2)c(Cl)c1/C=N\Nc1nnc(C)c(=O)[nH]1. The lowest BCUT2D eigenvalue weighted by molar-refractivity contribution is 0.627. The third kappa shape index (κ3) is 3.56. The number of aromatic amines is 1. The maximum Gasteiger partial charge on any atom is 0.274 e. The van der Waals surface area contributed by atoms with Gasteiger partial charge in [0.05, 0.1) is 23.2 Å². The summed E-state index contributed by atoms with van der Waals surface area (Å²) in [6.07, 6.45) is 1.45. The van der Waals surface area contributed by atoms with Gasteiger partial charge in [0.2, 0.25) is 5.95 Å². The topological polar surface area (TPSA) is 101 Å². The second kappa shape index (κ2) is 6.81. The number of benzene rings is 1. The number of hydrogen-bond donors (Lipinski definition) is 2. The van der Waals surface area contributed by atoms with Gasteiger partial charge in [-0.2, -0.15) is 10.2 Å². The summed E-state index contributed by atoms with van der Waals surface area (Å²) in [5.41, 5.74) is 4.29. The van der Waals surface area contributed by atoms with E-state index in [1.54, 1.807) is 26.0 Å². The number of nitrogens with zero attached hydrogens (tertiary/aromatic N) is 5. The van der Waals surface area contributed by atoms with E-state index in [2.05, 4.69) is 30.8 Å². The molecule has 0 fully saturated rings. The fraction of sp³-hybridized carbons (Fsp3) is 0.133. The van der Waals surface area contributed by atoms with Gasteiger partial charge in [0.25, 0.3) is 5.56 Å². The molecule has 0 saturated carbocycles. The van der Waals surface area contributed by atoms with E-state index in [9.17, 15) is 9.18 Å². The van der Waals surface area contributed by atoms with Crippen molar-refractivity contribution in [3.8, 4) is 5.69 Å². The zero-order valence-corrected chi connectivity index (χ0v) is 14.0. The van der Waals surface area contributed by atoms with Crippen molar-refractivity contribution in [3.63, 3.8) is 0 Å². The predicted molar refractivity (Wildman–Crippen MR) is 91.9 cm³/mol. The van der Waals surface area contributed by atoms with Crippen LogP contribution in [-0.4, -0.2) is 31.2 Å². The molecule has 0 aliphatic heterocycles. The normalized spacial score (nSPS) is 11.2. The van der Waals surface area contributed by atoms with Gasteiger partial charge in [-0.15, -0.1) is 10.2 Å². The number of hydrogen-bond acceptors (Lipinski definition) is 6. The highest BCUT2D eigenvalue weighted by Crippen LogP contribution is 2.22. The molecule has 2 aromatic heterocycles. The summed E-state index contributed by atoms with van der Waals surface area (Å²) in [5, 5.41) is 16.1. The minimum atomic E-state index is -0.356. The van der Waals surface area contributed by atoms with Crippen molar-refractivity contribution in [1.82, 2.24) is 25.0 Å². The predicted octanol–water partition coefficient (Wildman–Crippen LogP) is 2.21. The molecular formula is C15H13ClFN7O. The summed E-state index contributed by atoms with van der Waals surface area (Å²) in [5.74, 6) is -0.241. The van der Waals surface area contributed by atoms with Crippen LogP contribution in [0.4, 0.5) is 10.3 Å². The average Bonchev–Trinajstić information content (AvgIpc) is 2.87. The molecule has 0 spiro atoms. The zero-order valence-electron chi connectivity index (χ0n) is 13.3. The minimum absolute atomic E-state index is 0.103. The first-order valence-electron chi connectivity index (χ1n) is 7.19. The number of aromatic nitrogens is 5. The Labute approximate surface area is 146 Å². The van der Waals surface area contributed by atoms with Crippen LogP contribution in [0.5, 0.6) is 0 Å². The molecule has 3 rings (SSSR count). The molecule has 10 heteroatoms. The lowest BCUT2D eigenvalue weighted by Crippen LogP contribution is -2.15. The summed E-state index contributed by atoms with van der Waals surface area (Å²) >= 11 is 6.33. The molecule has 0 saturated heterocycles. The van der Waals surface area contributed by atoms with Gasteiger partial charge in [0.1, 0.15) is 16.7 Å². The first-order valence-corrected chi connectivity index (χ1v) is 7.57. The van der Waals surface area contributed by atoms with Gasteiger partial charge >= 0.3 is 0 Å². The summed E-state index contributed by atoms with van der Waals surface area (Å²) in [7, 11) is 0. The van der Waals surface area contributed by atoms with Crippen LogP contribution in [0.1, 0.15) is 17.0 Å². The van der Waals surface area contributed by atoms with Gasteiger partial charge in [-0.1, -0.05) is 11.6 Å². The molecule has 0 aliphatic carbocycles. The van der Waals surface area contributed by atoms with Crippen molar-refractivity contribution < 1.29 is 4.39 Å². The molecule has 1 aromatic carbocycles. The molecular weight excluding hydrogens is 349 g/mol. The quantitative estimate of drug-likeness (QED) is 0.548. The Morgan fingerprint density at radius 2 is 1.96 bits per heavy atom. The molecule has 2 heterocycles. The van der Waals surface area contributed by atoms with Crippen LogP contribution in [0, 0.1) is 19.7 Å². The highest BCUT2D eigenvalue weighted by atomic mass is 35.5. The maximum absolute atomic E-state index is 13.0. The second-order valence-electron chi connectivity index (χ2n) is 5.14. The van der Waals surface area contributed by atoms with Crippen molar-refractivity contribution in [1.29, 1.82) is 0 Å². The first kappa shape index (κ1) is 16.8. The monoisotopic (exact) mass is 361 g/mol. The van der Waals surface area contributed by atoms with E-state index in [-0.39, 0.29) is 23.0 Å². The molecule has 0 atom stereocenters.